The summed E-state index contributed by atoms with van der Waals surface area (Å²) >= 11 is 0. The Balaban J connectivity index is 1.46. The van der Waals surface area contributed by atoms with Gasteiger partial charge in [-0.2, -0.15) is 0 Å². The average Bonchev–Trinajstić information content (AvgIpc) is 2.97. The van der Waals surface area contributed by atoms with Gasteiger partial charge >= 0.3 is 0 Å². The summed E-state index contributed by atoms with van der Waals surface area (Å²) in [6, 6.07) is 21.5. The van der Waals surface area contributed by atoms with Crippen LogP contribution in [0.25, 0.3) is 0 Å². The number of para-hydroxylation sites is 1. The van der Waals surface area contributed by atoms with Crippen molar-refractivity contribution in [2.45, 2.75) is 0 Å². The lowest BCUT2D eigenvalue weighted by molar-refractivity contribution is 0.0879. The van der Waals surface area contributed by atoms with Gasteiger partial charge in [-0.15, -0.1) is 0 Å². The van der Waals surface area contributed by atoms with E-state index in [1.54, 1.807) is 12.1 Å². The molecule has 0 radical (unpaired) electrons. The third-order valence-corrected chi connectivity index (χ3v) is 4.20. The van der Waals surface area contributed by atoms with E-state index in [9.17, 15) is 14.4 Å². The van der Waals surface area contributed by atoms with Gasteiger partial charge in [-0.25, -0.2) is 0 Å². The van der Waals surface area contributed by atoms with Gasteiger partial charge in [-0.1, -0.05) is 18.2 Å². The largest absolute Gasteiger partial charge is 0.356 e. The highest BCUT2D eigenvalue weighted by molar-refractivity contribution is 6.22. The van der Waals surface area contributed by atoms with Crippen molar-refractivity contribution in [3.05, 3.63) is 89.5 Å². The number of carbonyl (C=O) groups is 3. The average molecular weight is 357 g/mol. The number of nitrogens with one attached hydrogen (secondary N) is 3. The molecule has 6 heteroatoms. The summed E-state index contributed by atoms with van der Waals surface area (Å²) in [4.78, 5) is 35.7. The van der Waals surface area contributed by atoms with E-state index in [2.05, 4.69) is 16.0 Å². The van der Waals surface area contributed by atoms with Gasteiger partial charge in [0.25, 0.3) is 17.7 Å². The van der Waals surface area contributed by atoms with Crippen LogP contribution in [0.2, 0.25) is 0 Å². The zero-order valence-corrected chi connectivity index (χ0v) is 14.2. The van der Waals surface area contributed by atoms with Crippen molar-refractivity contribution in [3.63, 3.8) is 0 Å². The minimum Gasteiger partial charge on any atom is -0.356 e. The van der Waals surface area contributed by atoms with Crippen LogP contribution in [-0.4, -0.2) is 17.7 Å². The molecule has 3 aromatic carbocycles. The van der Waals surface area contributed by atoms with Gasteiger partial charge in [-0.05, 0) is 54.6 Å². The standard InChI is InChI=1S/C21H15N3O3/c25-19(13-6-11-17-18(12-13)21(27)24-20(17)26)23-16-9-7-15(8-10-16)22-14-4-2-1-3-5-14/h1-12,22H,(H,23,25)(H,24,26,27). The van der Waals surface area contributed by atoms with Crippen LogP contribution in [-0.2, 0) is 0 Å². The summed E-state index contributed by atoms with van der Waals surface area (Å²) < 4.78 is 0. The van der Waals surface area contributed by atoms with Gasteiger partial charge in [0.15, 0.2) is 0 Å². The predicted molar refractivity (Wildman–Crippen MR) is 102 cm³/mol. The first-order chi connectivity index (χ1) is 13.1. The van der Waals surface area contributed by atoms with Gasteiger partial charge < -0.3 is 10.6 Å². The minimum atomic E-state index is -0.485. The van der Waals surface area contributed by atoms with Crippen molar-refractivity contribution in [1.29, 1.82) is 0 Å². The number of fused-ring (bicyclic) bond motifs is 1. The van der Waals surface area contributed by atoms with Crippen molar-refractivity contribution in [2.24, 2.45) is 0 Å². The number of hydrogen-bond acceptors (Lipinski definition) is 4. The fraction of sp³-hybridized carbons (Fsp3) is 0. The highest BCUT2D eigenvalue weighted by atomic mass is 16.2. The van der Waals surface area contributed by atoms with Gasteiger partial charge in [0.05, 0.1) is 11.1 Å². The van der Waals surface area contributed by atoms with Crippen LogP contribution >= 0.6 is 0 Å². The molecule has 1 aliphatic heterocycles. The van der Waals surface area contributed by atoms with Crippen LogP contribution < -0.4 is 16.0 Å². The quantitative estimate of drug-likeness (QED) is 0.623. The lowest BCUT2D eigenvalue weighted by Gasteiger charge is -2.09. The number of benzene rings is 3. The number of rotatable bonds is 4. The van der Waals surface area contributed by atoms with Crippen LogP contribution in [0.4, 0.5) is 17.1 Å². The Morgan fingerprint density at radius 1 is 0.704 bits per heavy atom. The van der Waals surface area contributed by atoms with Crippen molar-refractivity contribution >= 4 is 34.8 Å². The summed E-state index contributed by atoms with van der Waals surface area (Å²) in [6.07, 6.45) is 0. The SMILES string of the molecule is O=C(Nc1ccc(Nc2ccccc2)cc1)c1ccc2c(c1)C(=O)NC2=O. The van der Waals surface area contributed by atoms with Crippen LogP contribution in [0, 0.1) is 0 Å². The molecule has 3 N–H and O–H groups in total. The summed E-state index contributed by atoms with van der Waals surface area (Å²) in [5.74, 6) is -1.28. The molecule has 1 aliphatic rings. The first-order valence-electron chi connectivity index (χ1n) is 8.33. The Hall–Kier alpha value is -3.93. The molecule has 0 atom stereocenters. The summed E-state index contributed by atoms with van der Waals surface area (Å²) in [6.45, 7) is 0. The fourth-order valence-electron chi connectivity index (χ4n) is 2.84. The molecule has 3 aromatic rings. The van der Waals surface area contributed by atoms with Crippen molar-refractivity contribution < 1.29 is 14.4 Å². The first kappa shape index (κ1) is 16.5. The molecule has 0 saturated heterocycles. The molecule has 27 heavy (non-hydrogen) atoms. The van der Waals surface area contributed by atoms with E-state index >= 15 is 0 Å². The van der Waals surface area contributed by atoms with E-state index in [0.717, 1.165) is 11.4 Å². The molecular weight excluding hydrogens is 342 g/mol. The van der Waals surface area contributed by atoms with E-state index < -0.39 is 11.8 Å². The first-order valence-corrected chi connectivity index (χ1v) is 8.33. The van der Waals surface area contributed by atoms with Crippen LogP contribution in [0.5, 0.6) is 0 Å². The van der Waals surface area contributed by atoms with Gasteiger partial charge in [0, 0.05) is 22.6 Å². The molecule has 132 valence electrons. The smallest absolute Gasteiger partial charge is 0.258 e. The molecule has 0 aliphatic carbocycles. The Morgan fingerprint density at radius 3 is 2.07 bits per heavy atom. The molecule has 0 saturated carbocycles. The minimum absolute atomic E-state index is 0.218. The van der Waals surface area contributed by atoms with Gasteiger partial charge in [-0.3, -0.25) is 19.7 Å². The zero-order valence-electron chi connectivity index (χ0n) is 14.2. The van der Waals surface area contributed by atoms with E-state index in [1.165, 1.54) is 18.2 Å². The lowest BCUT2D eigenvalue weighted by Crippen LogP contribution is -2.19. The van der Waals surface area contributed by atoms with E-state index in [1.807, 2.05) is 42.5 Å². The normalized spacial score (nSPS) is 12.3. The second kappa shape index (κ2) is 6.76. The highest BCUT2D eigenvalue weighted by Gasteiger charge is 2.27. The molecule has 6 nitrogen and oxygen atoms in total. The van der Waals surface area contributed by atoms with Gasteiger partial charge in [0.1, 0.15) is 0 Å². The molecule has 4 rings (SSSR count). The molecule has 0 fully saturated rings. The number of imide groups is 1. The monoisotopic (exact) mass is 357 g/mol. The zero-order chi connectivity index (χ0) is 18.8. The molecule has 0 spiro atoms. The van der Waals surface area contributed by atoms with Crippen molar-refractivity contribution in [1.82, 2.24) is 5.32 Å². The maximum Gasteiger partial charge on any atom is 0.258 e. The maximum atomic E-state index is 12.4. The topological polar surface area (TPSA) is 87.3 Å². The summed E-state index contributed by atoms with van der Waals surface area (Å²) in [5.41, 5.74) is 3.31. The molecule has 0 unspecified atom stereocenters. The van der Waals surface area contributed by atoms with Crippen molar-refractivity contribution in [3.8, 4) is 0 Å². The number of anilines is 3. The molecule has 0 bridgehead atoms. The second-order valence-electron chi connectivity index (χ2n) is 6.07. The Labute approximate surface area is 155 Å². The van der Waals surface area contributed by atoms with Crippen LogP contribution in [0.3, 0.4) is 0 Å². The van der Waals surface area contributed by atoms with E-state index in [0.29, 0.717) is 11.3 Å². The van der Waals surface area contributed by atoms with Crippen LogP contribution in [0.15, 0.2) is 72.8 Å². The fourth-order valence-corrected chi connectivity index (χ4v) is 2.84. The van der Waals surface area contributed by atoms with Crippen LogP contribution in [0.1, 0.15) is 31.1 Å². The maximum absolute atomic E-state index is 12.4. The lowest BCUT2D eigenvalue weighted by atomic mass is 10.1. The third-order valence-electron chi connectivity index (χ3n) is 4.20. The Bertz CT molecular complexity index is 1040. The Morgan fingerprint density at radius 2 is 1.33 bits per heavy atom. The molecule has 0 aromatic heterocycles. The second-order valence-corrected chi connectivity index (χ2v) is 6.07. The Kier molecular flexibility index (Phi) is 4.14. The molecular formula is C21H15N3O3. The van der Waals surface area contributed by atoms with Crippen molar-refractivity contribution in [2.75, 3.05) is 10.6 Å². The number of hydrogen-bond donors (Lipinski definition) is 3. The summed E-state index contributed by atoms with van der Waals surface area (Å²) in [5, 5.41) is 8.26. The van der Waals surface area contributed by atoms with E-state index in [4.69, 9.17) is 0 Å². The summed E-state index contributed by atoms with van der Waals surface area (Å²) in [7, 11) is 0. The predicted octanol–water partition coefficient (Wildman–Crippen LogP) is 3.57. The van der Waals surface area contributed by atoms with Gasteiger partial charge in [0.2, 0.25) is 0 Å². The van der Waals surface area contributed by atoms with E-state index in [-0.39, 0.29) is 17.0 Å². The highest BCUT2D eigenvalue weighted by Crippen LogP contribution is 2.21. The third kappa shape index (κ3) is 3.41. The molecule has 1 heterocycles. The molecule has 3 amide bonds. The number of carbonyl (C=O) groups excluding carboxylic acids is 3. The number of amides is 3.